The van der Waals surface area contributed by atoms with E-state index in [1.807, 2.05) is 12.1 Å². The second kappa shape index (κ2) is 10.9. The third kappa shape index (κ3) is 7.32. The molecule has 1 amide bonds. The van der Waals surface area contributed by atoms with Crippen LogP contribution < -0.4 is 15.8 Å². The number of rotatable bonds is 8. The van der Waals surface area contributed by atoms with E-state index in [0.29, 0.717) is 32.3 Å². The van der Waals surface area contributed by atoms with Crippen LogP contribution in [-0.2, 0) is 14.9 Å². The molecule has 0 spiro atoms. The molecule has 3 N–H and O–H groups in total. The molecule has 1 aliphatic rings. The number of carbonyl (C=O) groups excluding carboxylic acids is 1. The number of benzene rings is 1. The molecule has 1 aromatic carbocycles. The summed E-state index contributed by atoms with van der Waals surface area (Å²) in [6.45, 7) is 11.2. The monoisotopic (exact) mass is 398 g/mol. The Hall–Kier alpha value is -1.30. The van der Waals surface area contributed by atoms with Crippen LogP contribution in [0.4, 0.5) is 0 Å². The van der Waals surface area contributed by atoms with Crippen LogP contribution in [-0.4, -0.2) is 38.3 Å². The van der Waals surface area contributed by atoms with Crippen LogP contribution >= 0.6 is 12.4 Å². The van der Waals surface area contributed by atoms with E-state index >= 15 is 0 Å². The van der Waals surface area contributed by atoms with Crippen LogP contribution in [0.5, 0.6) is 5.75 Å². The first-order valence-electron chi connectivity index (χ1n) is 9.64. The number of carbonyl (C=O) groups is 1. The van der Waals surface area contributed by atoms with Crippen LogP contribution in [0.3, 0.4) is 0 Å². The summed E-state index contributed by atoms with van der Waals surface area (Å²) in [7, 11) is 0. The summed E-state index contributed by atoms with van der Waals surface area (Å²) >= 11 is 0. The molecule has 0 bridgehead atoms. The third-order valence-electron chi connectivity index (χ3n) is 5.00. The number of halogens is 1. The molecule has 5 nitrogen and oxygen atoms in total. The smallest absolute Gasteiger partial charge is 0.237 e. The lowest BCUT2D eigenvalue weighted by Crippen LogP contribution is -2.49. The molecule has 0 radical (unpaired) electrons. The van der Waals surface area contributed by atoms with Crippen LogP contribution in [0.15, 0.2) is 24.3 Å². The Balaban J connectivity index is 0.00000364. The maximum atomic E-state index is 12.4. The maximum Gasteiger partial charge on any atom is 0.237 e. The van der Waals surface area contributed by atoms with Crippen molar-refractivity contribution < 1.29 is 14.3 Å². The fraction of sp³-hybridized carbons (Fsp3) is 0.667. The summed E-state index contributed by atoms with van der Waals surface area (Å²) in [5, 5.41) is 3.04. The first-order chi connectivity index (χ1) is 12.3. The van der Waals surface area contributed by atoms with Crippen molar-refractivity contribution in [1.29, 1.82) is 0 Å². The number of nitrogens with two attached hydrogens (primary N) is 1. The minimum Gasteiger partial charge on any atom is -0.493 e. The Kier molecular flexibility index (Phi) is 9.57. The van der Waals surface area contributed by atoms with Crippen molar-refractivity contribution in [2.24, 2.45) is 17.6 Å². The molecule has 0 aromatic heterocycles. The summed E-state index contributed by atoms with van der Waals surface area (Å²) < 4.78 is 11.1. The van der Waals surface area contributed by atoms with E-state index in [1.54, 1.807) is 0 Å². The van der Waals surface area contributed by atoms with Gasteiger partial charge in [-0.3, -0.25) is 4.79 Å². The molecular formula is C21H35ClN2O3. The molecule has 0 saturated carbocycles. The van der Waals surface area contributed by atoms with Gasteiger partial charge in [0.1, 0.15) is 5.75 Å². The normalized spacial score (nSPS) is 16.5. The van der Waals surface area contributed by atoms with E-state index in [1.165, 1.54) is 0 Å². The van der Waals surface area contributed by atoms with Crippen molar-refractivity contribution in [3.63, 3.8) is 0 Å². The highest BCUT2D eigenvalue weighted by molar-refractivity contribution is 5.85. The molecule has 2 rings (SSSR count). The molecule has 1 fully saturated rings. The summed E-state index contributed by atoms with van der Waals surface area (Å²) in [5.74, 6) is 1.52. The zero-order valence-electron chi connectivity index (χ0n) is 17.0. The molecule has 1 aliphatic heterocycles. The van der Waals surface area contributed by atoms with Gasteiger partial charge in [0.25, 0.3) is 0 Å². The van der Waals surface area contributed by atoms with Gasteiger partial charge in [-0.2, -0.15) is 0 Å². The van der Waals surface area contributed by atoms with E-state index in [4.69, 9.17) is 15.2 Å². The van der Waals surface area contributed by atoms with Gasteiger partial charge in [0, 0.05) is 25.2 Å². The van der Waals surface area contributed by atoms with Crippen molar-refractivity contribution in [3.05, 3.63) is 29.8 Å². The second-order valence-corrected chi connectivity index (χ2v) is 8.31. The average Bonchev–Trinajstić information content (AvgIpc) is 2.65. The number of hydrogen-bond acceptors (Lipinski definition) is 4. The van der Waals surface area contributed by atoms with Gasteiger partial charge in [-0.25, -0.2) is 0 Å². The van der Waals surface area contributed by atoms with Crippen molar-refractivity contribution >= 4 is 18.3 Å². The van der Waals surface area contributed by atoms with E-state index in [-0.39, 0.29) is 29.6 Å². The van der Waals surface area contributed by atoms with Gasteiger partial charge in [-0.05, 0) is 42.4 Å². The highest BCUT2D eigenvalue weighted by Gasteiger charge is 2.28. The van der Waals surface area contributed by atoms with E-state index in [0.717, 1.165) is 24.2 Å². The third-order valence-corrected chi connectivity index (χ3v) is 5.00. The summed E-state index contributed by atoms with van der Waals surface area (Å²) in [6.07, 6.45) is 1.71. The first-order valence-corrected chi connectivity index (χ1v) is 9.64. The number of hydrogen-bond donors (Lipinski definition) is 2. The van der Waals surface area contributed by atoms with Crippen molar-refractivity contribution in [2.45, 2.75) is 52.0 Å². The van der Waals surface area contributed by atoms with Crippen molar-refractivity contribution in [1.82, 2.24) is 5.32 Å². The zero-order chi connectivity index (χ0) is 19.2. The van der Waals surface area contributed by atoms with Crippen molar-refractivity contribution in [2.75, 3.05) is 26.4 Å². The fourth-order valence-corrected chi connectivity index (χ4v) is 3.08. The lowest BCUT2D eigenvalue weighted by molar-refractivity contribution is -0.124. The molecule has 1 aromatic rings. The van der Waals surface area contributed by atoms with Gasteiger partial charge in [0.05, 0.1) is 12.6 Å². The number of ether oxygens (including phenoxy) is 2. The standard InChI is InChI=1S/C21H34N2O3.ClH/c1-15(2)13-26-18-7-5-17(6-8-18)21(3,4)14-23-20(24)19(22)16-9-11-25-12-10-16;/h5-8,15-16,19H,9-14,22H2,1-4H3,(H,23,24);1H. The zero-order valence-corrected chi connectivity index (χ0v) is 17.8. The molecule has 0 aliphatic carbocycles. The summed E-state index contributed by atoms with van der Waals surface area (Å²) in [6, 6.07) is 7.67. The Morgan fingerprint density at radius 1 is 1.26 bits per heavy atom. The van der Waals surface area contributed by atoms with E-state index in [9.17, 15) is 4.79 Å². The molecule has 1 heterocycles. The molecular weight excluding hydrogens is 364 g/mol. The van der Waals surface area contributed by atoms with Gasteiger partial charge in [0.2, 0.25) is 5.91 Å². The molecule has 6 heteroatoms. The summed E-state index contributed by atoms with van der Waals surface area (Å²) in [5.41, 5.74) is 7.14. The SMILES string of the molecule is CC(C)COc1ccc(C(C)(C)CNC(=O)C(N)C2CCOCC2)cc1.Cl. The quantitative estimate of drug-likeness (QED) is 0.704. The predicted octanol–water partition coefficient (Wildman–Crippen LogP) is 3.29. The Morgan fingerprint density at radius 2 is 1.85 bits per heavy atom. The topological polar surface area (TPSA) is 73.6 Å². The molecule has 1 unspecified atom stereocenters. The largest absolute Gasteiger partial charge is 0.493 e. The highest BCUT2D eigenvalue weighted by atomic mass is 35.5. The lowest BCUT2D eigenvalue weighted by Gasteiger charge is -2.30. The maximum absolute atomic E-state index is 12.4. The first kappa shape index (κ1) is 23.7. The van der Waals surface area contributed by atoms with E-state index < -0.39 is 6.04 Å². The molecule has 1 atom stereocenters. The number of nitrogens with one attached hydrogen (secondary N) is 1. The molecule has 27 heavy (non-hydrogen) atoms. The summed E-state index contributed by atoms with van der Waals surface area (Å²) in [4.78, 5) is 12.4. The predicted molar refractivity (Wildman–Crippen MR) is 112 cm³/mol. The van der Waals surface area contributed by atoms with Gasteiger partial charge in [-0.1, -0.05) is 39.8 Å². The van der Waals surface area contributed by atoms with Crippen molar-refractivity contribution in [3.8, 4) is 5.75 Å². The Morgan fingerprint density at radius 3 is 2.41 bits per heavy atom. The van der Waals surface area contributed by atoms with E-state index in [2.05, 4.69) is 45.1 Å². The van der Waals surface area contributed by atoms with Gasteiger partial charge in [-0.15, -0.1) is 12.4 Å². The molecule has 154 valence electrons. The minimum atomic E-state index is -0.457. The Bertz CT molecular complexity index is 569. The average molecular weight is 399 g/mol. The van der Waals surface area contributed by atoms with Crippen LogP contribution in [0.25, 0.3) is 0 Å². The van der Waals surface area contributed by atoms with Gasteiger partial charge < -0.3 is 20.5 Å². The fourth-order valence-electron chi connectivity index (χ4n) is 3.08. The van der Waals surface area contributed by atoms with Crippen LogP contribution in [0, 0.1) is 11.8 Å². The van der Waals surface area contributed by atoms with Crippen LogP contribution in [0.1, 0.15) is 46.1 Å². The van der Waals surface area contributed by atoms with Crippen LogP contribution in [0.2, 0.25) is 0 Å². The molecule has 1 saturated heterocycles. The van der Waals surface area contributed by atoms with Gasteiger partial charge >= 0.3 is 0 Å². The second-order valence-electron chi connectivity index (χ2n) is 8.31. The Labute approximate surface area is 169 Å². The lowest BCUT2D eigenvalue weighted by atomic mass is 9.84. The van der Waals surface area contributed by atoms with Gasteiger partial charge in [0.15, 0.2) is 0 Å². The minimum absolute atomic E-state index is 0. The number of amides is 1. The highest BCUT2D eigenvalue weighted by Crippen LogP contribution is 2.25.